The van der Waals surface area contributed by atoms with Crippen molar-refractivity contribution < 1.29 is 17.7 Å². The van der Waals surface area contributed by atoms with E-state index in [4.69, 9.17) is 21.5 Å². The quantitative estimate of drug-likeness (QED) is 0.648. The number of aromatic nitrogens is 4. The second kappa shape index (κ2) is 6.02. The van der Waals surface area contributed by atoms with Gasteiger partial charge in [0, 0.05) is 13.2 Å². The van der Waals surface area contributed by atoms with Gasteiger partial charge in [-0.1, -0.05) is 6.07 Å². The number of methoxy groups -OCH3 is 1. The molecule has 0 aliphatic heterocycles. The number of nitrogens with zero attached hydrogens (tertiary/aromatic N) is 4. The molecule has 0 saturated heterocycles. The van der Waals surface area contributed by atoms with E-state index in [1.807, 2.05) is 0 Å². The first kappa shape index (κ1) is 13.8. The molecular formula is C9H10N4O4S2. The van der Waals surface area contributed by atoms with Gasteiger partial charge >= 0.3 is 11.4 Å². The predicted octanol–water partition coefficient (Wildman–Crippen LogP) is 0.918. The molecule has 0 radical (unpaired) electrons. The Bertz CT molecular complexity index is 654. The molecule has 1 aromatic heterocycles. The smallest absolute Gasteiger partial charge is 0.357 e. The van der Waals surface area contributed by atoms with Crippen LogP contribution in [0.25, 0.3) is 5.69 Å². The van der Waals surface area contributed by atoms with E-state index in [1.54, 1.807) is 18.2 Å². The lowest BCUT2D eigenvalue weighted by Gasteiger charge is -2.03. The van der Waals surface area contributed by atoms with E-state index in [2.05, 4.69) is 14.6 Å². The van der Waals surface area contributed by atoms with Crippen LogP contribution in [-0.4, -0.2) is 35.7 Å². The Morgan fingerprint density at radius 1 is 1.47 bits per heavy atom. The monoisotopic (exact) mass is 302 g/mol. The van der Waals surface area contributed by atoms with E-state index in [1.165, 1.54) is 22.5 Å². The lowest BCUT2D eigenvalue weighted by atomic mass is 10.3. The van der Waals surface area contributed by atoms with Crippen molar-refractivity contribution in [3.8, 4) is 11.4 Å². The zero-order valence-electron chi connectivity index (χ0n) is 9.79. The summed E-state index contributed by atoms with van der Waals surface area (Å²) in [4.78, 5) is 0. The third-order valence-electron chi connectivity index (χ3n) is 2.12. The van der Waals surface area contributed by atoms with Crippen LogP contribution in [0.2, 0.25) is 0 Å². The lowest BCUT2D eigenvalue weighted by Crippen LogP contribution is -2.03. The summed E-state index contributed by atoms with van der Waals surface area (Å²) in [6, 6.07) is 6.43. The Morgan fingerprint density at radius 3 is 2.95 bits per heavy atom. The average Bonchev–Trinajstić information content (AvgIpc) is 2.71. The van der Waals surface area contributed by atoms with Gasteiger partial charge in [0.25, 0.3) is 0 Å². The van der Waals surface area contributed by atoms with Gasteiger partial charge < -0.3 is 8.92 Å². The average molecular weight is 302 g/mol. The molecule has 0 bridgehead atoms. The molecule has 8 nitrogen and oxygen atoms in total. The molecule has 2 rings (SSSR count). The predicted molar refractivity (Wildman–Crippen MR) is 68.6 cm³/mol. The molecule has 1 unspecified atom stereocenters. The fraction of sp³-hybridized carbons (Fsp3) is 0.222. The van der Waals surface area contributed by atoms with Crippen molar-refractivity contribution in [2.45, 2.75) is 6.73 Å². The third-order valence-corrected chi connectivity index (χ3v) is 2.84. The topological polar surface area (TPSA) is 91.4 Å². The van der Waals surface area contributed by atoms with E-state index < -0.39 is 11.4 Å². The van der Waals surface area contributed by atoms with Crippen LogP contribution in [0.5, 0.6) is 5.75 Å². The minimum atomic E-state index is -2.38. The maximum absolute atomic E-state index is 10.6. The van der Waals surface area contributed by atoms with Gasteiger partial charge in [-0.3, -0.25) is 4.55 Å². The van der Waals surface area contributed by atoms with Crippen molar-refractivity contribution in [3.63, 3.8) is 0 Å². The summed E-state index contributed by atoms with van der Waals surface area (Å²) in [7, 11) is 1.52. The molecule has 0 aliphatic rings. The van der Waals surface area contributed by atoms with Crippen molar-refractivity contribution in [2.75, 3.05) is 7.11 Å². The number of ether oxygens (including phenoxy) is 1. The van der Waals surface area contributed by atoms with E-state index in [0.717, 1.165) is 0 Å². The Hall–Kier alpha value is -1.62. The summed E-state index contributed by atoms with van der Waals surface area (Å²) in [5.41, 5.74) is 0.565. The van der Waals surface area contributed by atoms with Crippen molar-refractivity contribution in [1.29, 1.82) is 0 Å². The Balaban J connectivity index is 2.36. The van der Waals surface area contributed by atoms with E-state index in [-0.39, 0.29) is 12.5 Å². The van der Waals surface area contributed by atoms with Crippen molar-refractivity contribution in [3.05, 3.63) is 29.0 Å². The molecule has 10 heteroatoms. The van der Waals surface area contributed by atoms with Gasteiger partial charge in [-0.25, -0.2) is 0 Å². The maximum atomic E-state index is 10.6. The first-order valence-corrected chi connectivity index (χ1v) is 6.47. The zero-order chi connectivity index (χ0) is 13.8. The summed E-state index contributed by atoms with van der Waals surface area (Å²) in [6.07, 6.45) is 0. The highest BCUT2D eigenvalue weighted by Gasteiger charge is 2.07. The summed E-state index contributed by atoms with van der Waals surface area (Å²) in [5.74, 6) is 0.224. The van der Waals surface area contributed by atoms with Gasteiger partial charge in [-0.05, 0) is 34.8 Å². The number of hydrogen-bond donors (Lipinski definition) is 1. The minimum Gasteiger partial charge on any atom is -0.380 e. The SMILES string of the molecule is COCn1nnn(-c2cccc(OS(=O)O)c2)c1=S. The van der Waals surface area contributed by atoms with Crippen LogP contribution in [-0.2, 0) is 22.8 Å². The first-order chi connectivity index (χ1) is 9.11. The standard InChI is InChI=1S/C9H10N4O4S2/c1-16-6-12-9(18)13(11-10-12)7-3-2-4-8(5-7)17-19(14)15/h2-5H,6H2,1H3,(H,14,15). The number of tetrazole rings is 1. The van der Waals surface area contributed by atoms with Crippen molar-refractivity contribution in [2.24, 2.45) is 0 Å². The lowest BCUT2D eigenvalue weighted by molar-refractivity contribution is 0.117. The normalized spacial score (nSPS) is 12.3. The summed E-state index contributed by atoms with van der Waals surface area (Å²) < 4.78 is 32.0. The Labute approximate surface area is 116 Å². The zero-order valence-corrected chi connectivity index (χ0v) is 11.4. The van der Waals surface area contributed by atoms with Crippen LogP contribution in [0, 0.1) is 4.77 Å². The molecule has 0 fully saturated rings. The van der Waals surface area contributed by atoms with Crippen molar-refractivity contribution >= 4 is 23.6 Å². The second-order valence-electron chi connectivity index (χ2n) is 3.39. The number of benzene rings is 1. The third kappa shape index (κ3) is 3.23. The molecule has 1 N–H and O–H groups in total. The molecule has 0 saturated carbocycles. The first-order valence-electron chi connectivity index (χ1n) is 5.03. The van der Waals surface area contributed by atoms with Crippen LogP contribution in [0.4, 0.5) is 0 Å². The Kier molecular flexibility index (Phi) is 4.37. The summed E-state index contributed by atoms with van der Waals surface area (Å²) in [5, 5.41) is 7.70. The maximum Gasteiger partial charge on any atom is 0.357 e. The van der Waals surface area contributed by atoms with Crippen LogP contribution in [0.15, 0.2) is 24.3 Å². The molecular weight excluding hydrogens is 292 g/mol. The van der Waals surface area contributed by atoms with Crippen LogP contribution >= 0.6 is 12.2 Å². The fourth-order valence-electron chi connectivity index (χ4n) is 1.39. The molecule has 1 heterocycles. The van der Waals surface area contributed by atoms with Gasteiger partial charge in [-0.15, -0.1) is 0 Å². The molecule has 0 amide bonds. The molecule has 0 aliphatic carbocycles. The molecule has 102 valence electrons. The van der Waals surface area contributed by atoms with Crippen LogP contribution < -0.4 is 4.18 Å². The largest absolute Gasteiger partial charge is 0.380 e. The van der Waals surface area contributed by atoms with Crippen LogP contribution in [0.1, 0.15) is 0 Å². The van der Waals surface area contributed by atoms with E-state index >= 15 is 0 Å². The van der Waals surface area contributed by atoms with Crippen molar-refractivity contribution in [1.82, 2.24) is 19.8 Å². The summed E-state index contributed by atoms with van der Waals surface area (Å²) >= 11 is 2.79. The van der Waals surface area contributed by atoms with Crippen LogP contribution in [0.3, 0.4) is 0 Å². The molecule has 0 spiro atoms. The number of hydrogen-bond acceptors (Lipinski definition) is 6. The Morgan fingerprint density at radius 2 is 2.26 bits per heavy atom. The highest BCUT2D eigenvalue weighted by atomic mass is 32.2. The molecule has 1 atom stereocenters. The van der Waals surface area contributed by atoms with Gasteiger partial charge in [-0.2, -0.15) is 13.6 Å². The highest BCUT2D eigenvalue weighted by Crippen LogP contribution is 2.16. The molecule has 19 heavy (non-hydrogen) atoms. The summed E-state index contributed by atoms with van der Waals surface area (Å²) in [6.45, 7) is 0.190. The van der Waals surface area contributed by atoms with Gasteiger partial charge in [0.05, 0.1) is 5.69 Å². The van der Waals surface area contributed by atoms with E-state index in [9.17, 15) is 4.21 Å². The van der Waals surface area contributed by atoms with Gasteiger partial charge in [0.1, 0.15) is 12.5 Å². The molecule has 2 aromatic rings. The van der Waals surface area contributed by atoms with Gasteiger partial charge in [0.15, 0.2) is 0 Å². The van der Waals surface area contributed by atoms with Gasteiger partial charge in [0.2, 0.25) is 4.77 Å². The fourth-order valence-corrected chi connectivity index (χ4v) is 1.89. The number of rotatable bonds is 5. The minimum absolute atomic E-state index is 0.190. The van der Waals surface area contributed by atoms with E-state index in [0.29, 0.717) is 10.5 Å². The highest BCUT2D eigenvalue weighted by molar-refractivity contribution is 7.74. The second-order valence-corrected chi connectivity index (χ2v) is 4.35. The molecule has 1 aromatic carbocycles.